The first kappa shape index (κ1) is 25.7. The van der Waals surface area contributed by atoms with Gasteiger partial charge in [0.2, 0.25) is 5.95 Å². The number of H-pyrrole nitrogens is 1. The van der Waals surface area contributed by atoms with Crippen molar-refractivity contribution >= 4 is 65.5 Å². The highest BCUT2D eigenvalue weighted by Gasteiger charge is 2.52. The zero-order valence-electron chi connectivity index (χ0n) is 19.1. The van der Waals surface area contributed by atoms with Crippen LogP contribution in [0.2, 0.25) is 18.1 Å². The lowest BCUT2D eigenvalue weighted by molar-refractivity contribution is -0.0379. The first-order valence-corrected chi connectivity index (χ1v) is 19.5. The van der Waals surface area contributed by atoms with E-state index in [-0.39, 0.29) is 28.8 Å². The number of nitrogens with one attached hydrogen (secondary N) is 1. The number of thiol groups is 1. The maximum atomic E-state index is 16.0. The molecule has 2 aliphatic rings. The number of halogens is 1. The van der Waals surface area contributed by atoms with Crippen molar-refractivity contribution in [1.29, 1.82) is 0 Å². The number of nitrogens with two attached hydrogens (primary N) is 1. The number of hydrogen-bond donors (Lipinski definition) is 3. The van der Waals surface area contributed by atoms with Crippen LogP contribution in [0, 0.1) is 0 Å². The molecule has 2 aromatic rings. The number of alkyl halides is 1. The van der Waals surface area contributed by atoms with Gasteiger partial charge in [-0.2, -0.15) is 4.98 Å². The highest BCUT2D eigenvalue weighted by molar-refractivity contribution is 9.15. The van der Waals surface area contributed by atoms with E-state index in [9.17, 15) is 4.79 Å². The minimum absolute atomic E-state index is 0.0700. The van der Waals surface area contributed by atoms with Crippen LogP contribution in [0.25, 0.3) is 11.2 Å². The molecule has 33 heavy (non-hydrogen) atoms. The van der Waals surface area contributed by atoms with E-state index < -0.39 is 43.6 Å². The van der Waals surface area contributed by atoms with Gasteiger partial charge in [0.25, 0.3) is 5.56 Å². The van der Waals surface area contributed by atoms with E-state index in [2.05, 4.69) is 48.8 Å². The Labute approximate surface area is 206 Å². The summed E-state index contributed by atoms with van der Waals surface area (Å²) in [6.07, 6.45) is -2.74. The fourth-order valence-electron chi connectivity index (χ4n) is 3.42. The molecule has 0 spiro atoms. The monoisotopic (exact) mass is 554 g/mol. The summed E-state index contributed by atoms with van der Waals surface area (Å²) in [5, 5.41) is -2.06. The van der Waals surface area contributed by atoms with Crippen LogP contribution in [0.15, 0.2) is 11.1 Å². The van der Waals surface area contributed by atoms with Crippen LogP contribution in [-0.4, -0.2) is 64.3 Å². The van der Waals surface area contributed by atoms with Crippen molar-refractivity contribution in [2.24, 2.45) is 0 Å². The Morgan fingerprint density at radius 2 is 2.09 bits per heavy atom. The number of rotatable bonds is 6. The number of anilines is 1. The van der Waals surface area contributed by atoms with Crippen LogP contribution >= 0.6 is 40.1 Å². The zero-order valence-corrected chi connectivity index (χ0v) is 23.6. The number of ether oxygens (including phenoxy) is 1. The fraction of sp³-hybridized carbons (Fsp3) is 0.722. The lowest BCUT2D eigenvalue weighted by atomic mass is 10.1. The Balaban J connectivity index is 1.65. The van der Waals surface area contributed by atoms with Crippen molar-refractivity contribution in [3.8, 4) is 0 Å². The molecule has 4 rings (SSSR count). The van der Waals surface area contributed by atoms with Gasteiger partial charge in [0.15, 0.2) is 31.9 Å². The summed E-state index contributed by atoms with van der Waals surface area (Å²) >= 11 is 8.16. The van der Waals surface area contributed by atoms with E-state index in [0.717, 1.165) is 11.5 Å². The third kappa shape index (κ3) is 5.13. The normalized spacial score (nSPS) is 28.1. The predicted octanol–water partition coefficient (Wildman–Crippen LogP) is 4.43. The number of fused-ring (bicyclic) bond motifs is 1. The summed E-state index contributed by atoms with van der Waals surface area (Å²) in [5.74, 6) is 1.89. The van der Waals surface area contributed by atoms with Crippen LogP contribution in [-0.2, 0) is 13.7 Å². The number of aromatic amines is 1. The standard InChI is InChI=1S/C18H30FN5O4PS3Si/c1-18(2,3)33(4,5)28-13-10(8-26-29(30)31-6-7-32-29)27-16(11(13)19)24-9-21-12-14(24)22-17(20)23-15(12)25/h9-11,13,16,30H,6-8H2,1-5H3,(H3,20,22,23,25)/t10-,11-,13-,16-/m1/s1. The third-order valence-electron chi connectivity index (χ3n) is 6.22. The number of imidazole rings is 1. The molecule has 0 amide bonds. The highest BCUT2D eigenvalue weighted by Crippen LogP contribution is 2.87. The van der Waals surface area contributed by atoms with Crippen molar-refractivity contribution < 1.29 is 18.1 Å². The Morgan fingerprint density at radius 3 is 2.73 bits per heavy atom. The molecule has 0 saturated carbocycles. The molecule has 3 N–H and O–H groups in total. The molecule has 4 atom stereocenters. The van der Waals surface area contributed by atoms with Crippen LogP contribution < -0.4 is 11.3 Å². The van der Waals surface area contributed by atoms with Crippen molar-refractivity contribution in [1.82, 2.24) is 19.5 Å². The molecule has 0 aliphatic carbocycles. The van der Waals surface area contributed by atoms with Gasteiger partial charge < -0.3 is 19.4 Å². The van der Waals surface area contributed by atoms with Gasteiger partial charge in [0.05, 0.1) is 12.9 Å². The molecule has 2 fully saturated rings. The molecule has 0 aromatic carbocycles. The quantitative estimate of drug-likeness (QED) is 0.271. The van der Waals surface area contributed by atoms with E-state index in [1.165, 1.54) is 10.9 Å². The molecule has 2 aliphatic heterocycles. The van der Waals surface area contributed by atoms with Crippen LogP contribution in [0.1, 0.15) is 27.0 Å². The zero-order chi connectivity index (χ0) is 24.2. The Kier molecular flexibility index (Phi) is 7.23. The van der Waals surface area contributed by atoms with Gasteiger partial charge in [-0.3, -0.25) is 14.3 Å². The Morgan fingerprint density at radius 1 is 1.42 bits per heavy atom. The molecule has 0 bridgehead atoms. The summed E-state index contributed by atoms with van der Waals surface area (Å²) in [6.45, 7) is 10.6. The van der Waals surface area contributed by atoms with Crippen molar-refractivity contribution in [3.05, 3.63) is 16.7 Å². The smallest absolute Gasteiger partial charge is 0.280 e. The second-order valence-corrected chi connectivity index (χ2v) is 25.5. The SMILES string of the molecule is CC(C)(C)[Si](C)(C)O[C@H]1[C@@H](F)[C@H](n2cnc3c(=O)[nH]c(N)nc32)O[C@@H]1CO[P]1(S)SCCS1. The van der Waals surface area contributed by atoms with Crippen LogP contribution in [0.4, 0.5) is 10.3 Å². The van der Waals surface area contributed by atoms with Crippen molar-refractivity contribution in [3.63, 3.8) is 0 Å². The fourth-order valence-corrected chi connectivity index (χ4v) is 13.8. The molecule has 2 saturated heterocycles. The molecular formula is C18H30FN5O4PS3Si. The second kappa shape index (κ2) is 9.27. The number of hydrogen-bond acceptors (Lipinski definition) is 10. The first-order valence-electron chi connectivity index (χ1n) is 10.6. The second-order valence-electron chi connectivity index (χ2n) is 9.56. The average Bonchev–Trinajstić information content (AvgIpc) is 3.39. The average molecular weight is 555 g/mol. The minimum Gasteiger partial charge on any atom is -0.408 e. The van der Waals surface area contributed by atoms with Gasteiger partial charge in [0.1, 0.15) is 17.3 Å². The van der Waals surface area contributed by atoms with Crippen LogP contribution in [0.5, 0.6) is 0 Å². The van der Waals surface area contributed by atoms with E-state index in [4.69, 9.17) is 31.7 Å². The van der Waals surface area contributed by atoms with E-state index in [0.29, 0.717) is 0 Å². The lowest BCUT2D eigenvalue weighted by Gasteiger charge is -2.39. The van der Waals surface area contributed by atoms with Gasteiger partial charge >= 0.3 is 0 Å². The summed E-state index contributed by atoms with van der Waals surface area (Å²) < 4.78 is 36.3. The molecule has 1 radical (unpaired) electrons. The topological polar surface area (TPSA) is 117 Å². The highest BCUT2D eigenvalue weighted by atomic mass is 33.4. The van der Waals surface area contributed by atoms with Gasteiger partial charge in [-0.05, 0) is 18.1 Å². The first-order chi connectivity index (χ1) is 15.3. The van der Waals surface area contributed by atoms with Gasteiger partial charge in [0, 0.05) is 11.5 Å². The van der Waals surface area contributed by atoms with E-state index in [1.807, 2.05) is 0 Å². The summed E-state index contributed by atoms with van der Waals surface area (Å²) in [4.78, 5) is 22.8. The molecule has 4 heterocycles. The molecule has 9 nitrogen and oxygen atoms in total. The molecular weight excluding hydrogens is 524 g/mol. The van der Waals surface area contributed by atoms with E-state index >= 15 is 4.39 Å². The summed E-state index contributed by atoms with van der Waals surface area (Å²) in [6, 6.07) is 0. The van der Waals surface area contributed by atoms with E-state index in [1.54, 1.807) is 22.8 Å². The maximum absolute atomic E-state index is 16.0. The molecule has 15 heteroatoms. The maximum Gasteiger partial charge on any atom is 0.280 e. The predicted molar refractivity (Wildman–Crippen MR) is 140 cm³/mol. The van der Waals surface area contributed by atoms with Gasteiger partial charge in [-0.25, -0.2) is 9.37 Å². The largest absolute Gasteiger partial charge is 0.408 e. The minimum atomic E-state index is -2.33. The number of nitrogens with zero attached hydrogens (tertiary/aromatic N) is 3. The Bertz CT molecular complexity index is 1080. The molecule has 0 unspecified atom stereocenters. The lowest BCUT2D eigenvalue weighted by Crippen LogP contribution is -2.49. The van der Waals surface area contributed by atoms with Crippen molar-refractivity contribution in [2.75, 3.05) is 23.8 Å². The van der Waals surface area contributed by atoms with Crippen LogP contribution in [0.3, 0.4) is 0 Å². The third-order valence-corrected chi connectivity index (χ3v) is 20.9. The number of nitrogen functional groups attached to an aromatic ring is 1. The van der Waals surface area contributed by atoms with Crippen molar-refractivity contribution in [2.45, 2.75) is 63.5 Å². The molecule has 185 valence electrons. The Hall–Kier alpha value is -0.343. The number of aromatic nitrogens is 4. The van der Waals surface area contributed by atoms with Gasteiger partial charge in [-0.15, -0.1) is 12.2 Å². The summed E-state index contributed by atoms with van der Waals surface area (Å²) in [7, 11) is -2.33. The van der Waals surface area contributed by atoms with Gasteiger partial charge in [-0.1, -0.05) is 43.5 Å². The summed E-state index contributed by atoms with van der Waals surface area (Å²) in [5.41, 5.74) is 5.46. The molecule has 2 aromatic heterocycles.